The van der Waals surface area contributed by atoms with Gasteiger partial charge in [0.05, 0.1) is 11.6 Å². The predicted octanol–water partition coefficient (Wildman–Crippen LogP) is 3.01. The summed E-state index contributed by atoms with van der Waals surface area (Å²) >= 11 is 5.86. The second kappa shape index (κ2) is 7.57. The van der Waals surface area contributed by atoms with Crippen molar-refractivity contribution < 1.29 is 14.3 Å². The molecule has 0 aromatic heterocycles. The summed E-state index contributed by atoms with van der Waals surface area (Å²) in [7, 11) is 0. The number of halogens is 1. The van der Waals surface area contributed by atoms with Gasteiger partial charge in [0.1, 0.15) is 5.75 Å². The lowest BCUT2D eigenvalue weighted by molar-refractivity contribution is -0.124. The van der Waals surface area contributed by atoms with E-state index in [1.165, 1.54) is 17.7 Å². The van der Waals surface area contributed by atoms with Crippen LogP contribution in [0.5, 0.6) is 5.75 Å². The van der Waals surface area contributed by atoms with Crippen LogP contribution in [0.4, 0.5) is 0 Å². The van der Waals surface area contributed by atoms with E-state index < -0.39 is 5.91 Å². The first-order valence-corrected chi connectivity index (χ1v) is 8.51. The molecule has 0 unspecified atom stereocenters. The SMILES string of the molecule is NC(=O)c1cc(Cl)ccc1OCC(=O)N[C@H]1CCCc2ccccc21. The van der Waals surface area contributed by atoms with Gasteiger partial charge in [-0.05, 0) is 48.6 Å². The van der Waals surface area contributed by atoms with Gasteiger partial charge in [0.25, 0.3) is 11.8 Å². The van der Waals surface area contributed by atoms with Crippen LogP contribution in [0.15, 0.2) is 42.5 Å². The fraction of sp³-hybridized carbons (Fsp3) is 0.263. The normalized spacial score (nSPS) is 16.0. The Hall–Kier alpha value is -2.53. The molecule has 1 aliphatic carbocycles. The van der Waals surface area contributed by atoms with E-state index in [1.807, 2.05) is 18.2 Å². The number of fused-ring (bicyclic) bond motifs is 1. The summed E-state index contributed by atoms with van der Waals surface area (Å²) < 4.78 is 5.47. The van der Waals surface area contributed by atoms with Crippen molar-refractivity contribution in [1.82, 2.24) is 5.32 Å². The maximum absolute atomic E-state index is 12.3. The number of amides is 2. The van der Waals surface area contributed by atoms with Crippen molar-refractivity contribution in [1.29, 1.82) is 0 Å². The van der Waals surface area contributed by atoms with E-state index in [2.05, 4.69) is 11.4 Å². The monoisotopic (exact) mass is 358 g/mol. The van der Waals surface area contributed by atoms with Gasteiger partial charge in [0, 0.05) is 5.02 Å². The molecule has 0 saturated heterocycles. The van der Waals surface area contributed by atoms with Crippen LogP contribution in [-0.4, -0.2) is 18.4 Å². The molecular weight excluding hydrogens is 340 g/mol. The number of nitrogens with one attached hydrogen (secondary N) is 1. The number of primary amides is 1. The highest BCUT2D eigenvalue weighted by Crippen LogP contribution is 2.29. The quantitative estimate of drug-likeness (QED) is 0.862. The molecule has 130 valence electrons. The number of hydrogen-bond acceptors (Lipinski definition) is 3. The van der Waals surface area contributed by atoms with E-state index in [9.17, 15) is 9.59 Å². The van der Waals surface area contributed by atoms with Crippen molar-refractivity contribution in [2.45, 2.75) is 25.3 Å². The number of benzene rings is 2. The number of carbonyl (C=O) groups excluding carboxylic acids is 2. The van der Waals surface area contributed by atoms with Crippen LogP contribution in [0, 0.1) is 0 Å². The summed E-state index contributed by atoms with van der Waals surface area (Å²) in [5, 5.41) is 3.38. The average Bonchev–Trinajstić information content (AvgIpc) is 2.61. The van der Waals surface area contributed by atoms with Crippen LogP contribution in [0.2, 0.25) is 5.02 Å². The zero-order valence-electron chi connectivity index (χ0n) is 13.6. The lowest BCUT2D eigenvalue weighted by atomic mass is 9.88. The van der Waals surface area contributed by atoms with Gasteiger partial charge in [0.15, 0.2) is 6.61 Å². The molecule has 3 rings (SSSR count). The molecule has 1 aliphatic rings. The molecule has 2 aromatic rings. The van der Waals surface area contributed by atoms with Crippen LogP contribution >= 0.6 is 11.6 Å². The van der Waals surface area contributed by atoms with Gasteiger partial charge in [-0.1, -0.05) is 35.9 Å². The molecule has 0 aliphatic heterocycles. The first-order valence-electron chi connectivity index (χ1n) is 8.14. The molecule has 0 spiro atoms. The highest BCUT2D eigenvalue weighted by atomic mass is 35.5. The van der Waals surface area contributed by atoms with E-state index in [0.29, 0.717) is 5.02 Å². The maximum atomic E-state index is 12.3. The molecule has 0 heterocycles. The highest BCUT2D eigenvalue weighted by Gasteiger charge is 2.21. The molecule has 2 aromatic carbocycles. The van der Waals surface area contributed by atoms with Crippen molar-refractivity contribution >= 4 is 23.4 Å². The Morgan fingerprint density at radius 2 is 2.04 bits per heavy atom. The smallest absolute Gasteiger partial charge is 0.258 e. The minimum absolute atomic E-state index is 0.0121. The standard InChI is InChI=1S/C19H19ClN2O3/c20-13-8-9-17(15(10-13)19(21)24)25-11-18(23)22-16-7-3-5-12-4-1-2-6-14(12)16/h1-2,4,6,8-10,16H,3,5,7,11H2,(H2,21,24)(H,22,23)/t16-/m0/s1. The van der Waals surface area contributed by atoms with Gasteiger partial charge in [-0.2, -0.15) is 0 Å². The van der Waals surface area contributed by atoms with Gasteiger partial charge in [-0.15, -0.1) is 0 Å². The molecule has 3 N–H and O–H groups in total. The molecule has 0 fully saturated rings. The van der Waals surface area contributed by atoms with Gasteiger partial charge in [-0.3, -0.25) is 9.59 Å². The van der Waals surface area contributed by atoms with Gasteiger partial charge in [0.2, 0.25) is 0 Å². The Morgan fingerprint density at radius 3 is 2.84 bits per heavy atom. The Labute approximate surface area is 151 Å². The number of ether oxygens (including phenoxy) is 1. The van der Waals surface area contributed by atoms with E-state index in [1.54, 1.807) is 6.07 Å². The molecule has 0 bridgehead atoms. The molecule has 5 nitrogen and oxygen atoms in total. The summed E-state index contributed by atoms with van der Waals surface area (Å²) in [6.45, 7) is -0.194. The minimum Gasteiger partial charge on any atom is -0.483 e. The van der Waals surface area contributed by atoms with Crippen LogP contribution in [0.1, 0.15) is 40.4 Å². The van der Waals surface area contributed by atoms with E-state index >= 15 is 0 Å². The fourth-order valence-electron chi connectivity index (χ4n) is 3.10. The average molecular weight is 359 g/mol. The lowest BCUT2D eigenvalue weighted by Crippen LogP contribution is -2.34. The fourth-order valence-corrected chi connectivity index (χ4v) is 3.28. The van der Waals surface area contributed by atoms with E-state index in [4.69, 9.17) is 22.1 Å². The number of aryl methyl sites for hydroxylation is 1. The molecular formula is C19H19ClN2O3. The number of hydrogen-bond donors (Lipinski definition) is 2. The predicted molar refractivity (Wildman–Crippen MR) is 95.7 cm³/mol. The Balaban J connectivity index is 1.64. The summed E-state index contributed by atoms with van der Waals surface area (Å²) in [5.41, 5.74) is 7.90. The van der Waals surface area contributed by atoms with Gasteiger partial charge >= 0.3 is 0 Å². The van der Waals surface area contributed by atoms with Gasteiger partial charge in [-0.25, -0.2) is 0 Å². The Morgan fingerprint density at radius 1 is 1.24 bits per heavy atom. The van der Waals surface area contributed by atoms with Crippen LogP contribution in [0.3, 0.4) is 0 Å². The van der Waals surface area contributed by atoms with Crippen molar-refractivity contribution in [3.05, 3.63) is 64.2 Å². The number of carbonyl (C=O) groups is 2. The minimum atomic E-state index is -0.654. The molecule has 6 heteroatoms. The third-order valence-electron chi connectivity index (χ3n) is 4.27. The molecule has 25 heavy (non-hydrogen) atoms. The zero-order valence-corrected chi connectivity index (χ0v) is 14.4. The molecule has 0 radical (unpaired) electrons. The first-order chi connectivity index (χ1) is 12.0. The number of nitrogens with two attached hydrogens (primary N) is 1. The molecule has 0 saturated carbocycles. The Bertz CT molecular complexity index is 807. The largest absolute Gasteiger partial charge is 0.483 e. The van der Waals surface area contributed by atoms with E-state index in [-0.39, 0.29) is 29.9 Å². The summed E-state index contributed by atoms with van der Waals surface area (Å²) in [5.74, 6) is -0.651. The zero-order chi connectivity index (χ0) is 17.8. The lowest BCUT2D eigenvalue weighted by Gasteiger charge is -2.26. The highest BCUT2D eigenvalue weighted by molar-refractivity contribution is 6.31. The van der Waals surface area contributed by atoms with Crippen molar-refractivity contribution in [2.24, 2.45) is 5.73 Å². The van der Waals surface area contributed by atoms with E-state index in [0.717, 1.165) is 24.8 Å². The molecule has 2 amide bonds. The first kappa shape index (κ1) is 17.3. The topological polar surface area (TPSA) is 81.4 Å². The summed E-state index contributed by atoms with van der Waals surface area (Å²) in [4.78, 5) is 23.7. The van der Waals surface area contributed by atoms with Crippen LogP contribution < -0.4 is 15.8 Å². The van der Waals surface area contributed by atoms with Crippen LogP contribution in [0.25, 0.3) is 0 Å². The number of rotatable bonds is 5. The summed E-state index contributed by atoms with van der Waals surface area (Å²) in [6, 6.07) is 12.7. The second-order valence-electron chi connectivity index (χ2n) is 6.00. The van der Waals surface area contributed by atoms with Crippen molar-refractivity contribution in [3.63, 3.8) is 0 Å². The summed E-state index contributed by atoms with van der Waals surface area (Å²) in [6.07, 6.45) is 2.97. The van der Waals surface area contributed by atoms with Crippen LogP contribution in [-0.2, 0) is 11.2 Å². The van der Waals surface area contributed by atoms with Crippen molar-refractivity contribution in [2.75, 3.05) is 6.61 Å². The van der Waals surface area contributed by atoms with Crippen molar-refractivity contribution in [3.8, 4) is 5.75 Å². The van der Waals surface area contributed by atoms with Gasteiger partial charge < -0.3 is 15.8 Å². The third-order valence-corrected chi connectivity index (χ3v) is 4.51. The molecule has 1 atom stereocenters. The third kappa shape index (κ3) is 4.12. The Kier molecular flexibility index (Phi) is 5.24. The maximum Gasteiger partial charge on any atom is 0.258 e. The second-order valence-corrected chi connectivity index (χ2v) is 6.44.